The highest BCUT2D eigenvalue weighted by atomic mass is 16.5. The van der Waals surface area contributed by atoms with Gasteiger partial charge < -0.3 is 10.2 Å². The van der Waals surface area contributed by atoms with E-state index in [1.165, 1.54) is 0 Å². The summed E-state index contributed by atoms with van der Waals surface area (Å²) in [6.45, 7) is 1.61. The van der Waals surface area contributed by atoms with Crippen LogP contribution in [0.15, 0.2) is 0 Å². The number of rotatable bonds is 2. The van der Waals surface area contributed by atoms with Gasteiger partial charge in [0, 0.05) is 11.8 Å². The van der Waals surface area contributed by atoms with E-state index in [4.69, 9.17) is 10.2 Å². The van der Waals surface area contributed by atoms with Crippen LogP contribution in [0.5, 0.6) is 0 Å². The lowest BCUT2D eigenvalue weighted by Gasteiger charge is -2.27. The largest absolute Gasteiger partial charge is 0.368 e. The Morgan fingerprint density at radius 2 is 1.75 bits per heavy atom. The third-order valence-corrected chi connectivity index (χ3v) is 2.77. The quantitative estimate of drug-likeness (QED) is 0.602. The Morgan fingerprint density at radius 1 is 1.25 bits per heavy atom. The summed E-state index contributed by atoms with van der Waals surface area (Å²) in [5.41, 5.74) is 0. The topological polar surface area (TPSA) is 57.5 Å². The van der Waals surface area contributed by atoms with Crippen LogP contribution >= 0.6 is 0 Å². The van der Waals surface area contributed by atoms with Crippen LogP contribution in [0.2, 0.25) is 0 Å². The van der Waals surface area contributed by atoms with Crippen LogP contribution in [0.25, 0.3) is 0 Å². The molecule has 1 fully saturated rings. The van der Waals surface area contributed by atoms with Crippen molar-refractivity contribution in [2.75, 3.05) is 0 Å². The van der Waals surface area contributed by atoms with Gasteiger partial charge in [-0.25, -0.2) is 0 Å². The van der Waals surface area contributed by atoms with Crippen molar-refractivity contribution in [3.8, 4) is 0 Å². The standard InChI is InChI=1S/C9H16O3/c1-6(10)7-2-4-8(5-3-7)9(11)12/h7-9,11-12H,2-5H2,1H3/t7-,8-. The third kappa shape index (κ3) is 2.29. The van der Waals surface area contributed by atoms with E-state index in [9.17, 15) is 4.79 Å². The molecule has 1 saturated carbocycles. The molecule has 12 heavy (non-hydrogen) atoms. The molecular formula is C9H16O3. The maximum Gasteiger partial charge on any atom is 0.154 e. The molecular weight excluding hydrogens is 156 g/mol. The van der Waals surface area contributed by atoms with Crippen molar-refractivity contribution in [3.63, 3.8) is 0 Å². The monoisotopic (exact) mass is 172 g/mol. The van der Waals surface area contributed by atoms with Crippen molar-refractivity contribution in [1.82, 2.24) is 0 Å². The predicted octanol–water partition coefficient (Wildman–Crippen LogP) is 0.693. The van der Waals surface area contributed by atoms with Crippen LogP contribution < -0.4 is 0 Å². The summed E-state index contributed by atoms with van der Waals surface area (Å²) in [5, 5.41) is 17.7. The van der Waals surface area contributed by atoms with Gasteiger partial charge in [-0.3, -0.25) is 4.79 Å². The Labute approximate surface area is 72.4 Å². The summed E-state index contributed by atoms with van der Waals surface area (Å²) in [6.07, 6.45) is 1.97. The molecule has 0 radical (unpaired) electrons. The number of hydrogen-bond acceptors (Lipinski definition) is 3. The van der Waals surface area contributed by atoms with Crippen molar-refractivity contribution in [1.29, 1.82) is 0 Å². The lowest BCUT2D eigenvalue weighted by Crippen LogP contribution is -2.27. The minimum absolute atomic E-state index is 0.0133. The zero-order valence-corrected chi connectivity index (χ0v) is 7.36. The molecule has 0 bridgehead atoms. The summed E-state index contributed by atoms with van der Waals surface area (Å²) in [6, 6.07) is 0. The predicted molar refractivity (Wildman–Crippen MR) is 44.4 cm³/mol. The molecule has 2 N–H and O–H groups in total. The molecule has 1 rings (SSSR count). The van der Waals surface area contributed by atoms with Crippen LogP contribution in [0.3, 0.4) is 0 Å². The van der Waals surface area contributed by atoms with Crippen LogP contribution in [0.1, 0.15) is 32.6 Å². The van der Waals surface area contributed by atoms with Crippen molar-refractivity contribution < 1.29 is 15.0 Å². The first-order valence-electron chi connectivity index (χ1n) is 4.48. The van der Waals surface area contributed by atoms with Crippen molar-refractivity contribution in [2.24, 2.45) is 11.8 Å². The van der Waals surface area contributed by atoms with Crippen molar-refractivity contribution >= 4 is 5.78 Å². The molecule has 1 aliphatic rings. The first-order valence-corrected chi connectivity index (χ1v) is 4.48. The number of Topliss-reactive ketones (excluding diaryl/α,β-unsaturated/α-hetero) is 1. The SMILES string of the molecule is CC(=O)[C@H]1CC[C@H](C(O)O)CC1. The number of aliphatic hydroxyl groups excluding tert-OH is 1. The van der Waals surface area contributed by atoms with Gasteiger partial charge in [0.25, 0.3) is 0 Å². The number of carbonyl (C=O) groups excluding carboxylic acids is 1. The minimum atomic E-state index is -1.20. The fourth-order valence-electron chi connectivity index (χ4n) is 1.82. The zero-order chi connectivity index (χ0) is 9.14. The molecule has 0 heterocycles. The molecule has 0 unspecified atom stereocenters. The maximum atomic E-state index is 11.0. The first-order chi connectivity index (χ1) is 5.61. The molecule has 3 heteroatoms. The minimum Gasteiger partial charge on any atom is -0.368 e. The normalized spacial score (nSPS) is 30.7. The van der Waals surface area contributed by atoms with Gasteiger partial charge in [-0.1, -0.05) is 0 Å². The summed E-state index contributed by atoms with van der Waals surface area (Å²) in [7, 11) is 0. The lowest BCUT2D eigenvalue weighted by molar-refractivity contribution is -0.125. The number of hydrogen-bond donors (Lipinski definition) is 2. The van der Waals surface area contributed by atoms with Gasteiger partial charge in [-0.15, -0.1) is 0 Å². The Hall–Kier alpha value is -0.410. The molecule has 0 aromatic heterocycles. The van der Waals surface area contributed by atoms with Crippen molar-refractivity contribution in [2.45, 2.75) is 38.9 Å². The van der Waals surface area contributed by atoms with E-state index >= 15 is 0 Å². The number of carbonyl (C=O) groups is 1. The van der Waals surface area contributed by atoms with Gasteiger partial charge in [0.05, 0.1) is 0 Å². The van der Waals surface area contributed by atoms with Gasteiger partial charge >= 0.3 is 0 Å². The van der Waals surface area contributed by atoms with E-state index < -0.39 is 6.29 Å². The fraction of sp³-hybridized carbons (Fsp3) is 0.889. The second-order valence-corrected chi connectivity index (χ2v) is 3.64. The molecule has 0 aromatic rings. The second kappa shape index (κ2) is 4.01. The molecule has 0 aliphatic heterocycles. The van der Waals surface area contributed by atoms with Gasteiger partial charge in [-0.05, 0) is 32.6 Å². The van der Waals surface area contributed by atoms with E-state index in [0.29, 0.717) is 0 Å². The van der Waals surface area contributed by atoms with Crippen LogP contribution in [0, 0.1) is 11.8 Å². The Balaban J connectivity index is 2.34. The summed E-state index contributed by atoms with van der Waals surface area (Å²) < 4.78 is 0. The number of ketones is 1. The highest BCUT2D eigenvalue weighted by Gasteiger charge is 2.27. The molecule has 0 aromatic carbocycles. The Bertz CT molecular complexity index is 157. The van der Waals surface area contributed by atoms with E-state index in [-0.39, 0.29) is 17.6 Å². The molecule has 3 nitrogen and oxygen atoms in total. The summed E-state index contributed by atoms with van der Waals surface area (Å²) in [4.78, 5) is 11.0. The molecule has 0 spiro atoms. The van der Waals surface area contributed by atoms with E-state index in [1.54, 1.807) is 6.92 Å². The van der Waals surface area contributed by atoms with Crippen LogP contribution in [-0.2, 0) is 4.79 Å². The Morgan fingerprint density at radius 3 is 2.08 bits per heavy atom. The average molecular weight is 172 g/mol. The highest BCUT2D eigenvalue weighted by Crippen LogP contribution is 2.30. The first kappa shape index (κ1) is 9.68. The van der Waals surface area contributed by atoms with Gasteiger partial charge in [0.1, 0.15) is 5.78 Å². The van der Waals surface area contributed by atoms with E-state index in [0.717, 1.165) is 25.7 Å². The van der Waals surface area contributed by atoms with Crippen molar-refractivity contribution in [3.05, 3.63) is 0 Å². The van der Waals surface area contributed by atoms with Gasteiger partial charge in [0.15, 0.2) is 6.29 Å². The lowest BCUT2D eigenvalue weighted by atomic mass is 9.80. The fourth-order valence-corrected chi connectivity index (χ4v) is 1.82. The smallest absolute Gasteiger partial charge is 0.154 e. The average Bonchev–Trinajstić information content (AvgIpc) is 2.04. The molecule has 1 aliphatic carbocycles. The molecule has 0 atom stereocenters. The third-order valence-electron chi connectivity index (χ3n) is 2.77. The van der Waals surface area contributed by atoms with Gasteiger partial charge in [0.2, 0.25) is 0 Å². The van der Waals surface area contributed by atoms with E-state index in [1.807, 2.05) is 0 Å². The van der Waals surface area contributed by atoms with Crippen LogP contribution in [-0.4, -0.2) is 22.3 Å². The van der Waals surface area contributed by atoms with Crippen LogP contribution in [0.4, 0.5) is 0 Å². The Kier molecular flexibility index (Phi) is 3.23. The zero-order valence-electron chi connectivity index (χ0n) is 7.36. The summed E-state index contributed by atoms with van der Waals surface area (Å²) in [5.74, 6) is 0.390. The molecule has 0 amide bonds. The van der Waals surface area contributed by atoms with Gasteiger partial charge in [-0.2, -0.15) is 0 Å². The molecule has 0 saturated heterocycles. The second-order valence-electron chi connectivity index (χ2n) is 3.64. The highest BCUT2D eigenvalue weighted by molar-refractivity contribution is 5.78. The number of aliphatic hydroxyl groups is 2. The van der Waals surface area contributed by atoms with E-state index in [2.05, 4.69) is 0 Å². The maximum absolute atomic E-state index is 11.0. The molecule has 70 valence electrons. The summed E-state index contributed by atoms with van der Waals surface area (Å²) >= 11 is 0.